The molecule has 3 aromatic carbocycles. The third-order valence-corrected chi connectivity index (χ3v) is 8.41. The smallest absolute Gasteiger partial charge is 0.306 e. The number of sulfone groups is 1. The average Bonchev–Trinajstić information content (AvgIpc) is 3.36. The Kier molecular flexibility index (Phi) is 9.40. The van der Waals surface area contributed by atoms with Crippen LogP contribution in [0, 0.1) is 5.92 Å². The number of hydrogen-bond donors (Lipinski definition) is 1. The molecule has 214 valence electrons. The molecule has 0 saturated heterocycles. The minimum Gasteiger partial charge on any atom is -0.494 e. The van der Waals surface area contributed by atoms with Crippen LogP contribution in [0.25, 0.3) is 11.1 Å². The molecule has 0 aliphatic carbocycles. The number of carboxylic acid groups (broad SMARTS) is 1. The van der Waals surface area contributed by atoms with Gasteiger partial charge >= 0.3 is 5.97 Å². The molecule has 8 heteroatoms. The van der Waals surface area contributed by atoms with Crippen molar-refractivity contribution < 1.29 is 32.5 Å². The fourth-order valence-electron chi connectivity index (χ4n) is 5.13. The summed E-state index contributed by atoms with van der Waals surface area (Å²) in [5.74, 6) is 0.733. The molecule has 2 atom stereocenters. The summed E-state index contributed by atoms with van der Waals surface area (Å²) in [7, 11) is -3.00. The van der Waals surface area contributed by atoms with Gasteiger partial charge in [0.15, 0.2) is 0 Å². The van der Waals surface area contributed by atoms with Crippen LogP contribution in [0.2, 0.25) is 0 Å². The largest absolute Gasteiger partial charge is 0.494 e. The zero-order valence-corrected chi connectivity index (χ0v) is 24.4. The second-order valence-corrected chi connectivity index (χ2v) is 12.6. The fraction of sp³-hybridized carbons (Fsp3) is 0.406. The van der Waals surface area contributed by atoms with Gasteiger partial charge in [0.1, 0.15) is 33.7 Å². The van der Waals surface area contributed by atoms with Gasteiger partial charge in [0.05, 0.1) is 24.9 Å². The minimum absolute atomic E-state index is 0.115. The third-order valence-electron chi connectivity index (χ3n) is 7.38. The molecule has 1 aliphatic heterocycles. The second kappa shape index (κ2) is 12.8. The lowest BCUT2D eigenvalue weighted by Crippen LogP contribution is -2.19. The van der Waals surface area contributed by atoms with Crippen molar-refractivity contribution in [3.63, 3.8) is 0 Å². The molecule has 40 heavy (non-hydrogen) atoms. The number of fused-ring (bicyclic) bond motifs is 1. The molecule has 7 nitrogen and oxygen atoms in total. The van der Waals surface area contributed by atoms with E-state index in [0.29, 0.717) is 37.7 Å². The molecular formula is C32H38O7S. The Morgan fingerprint density at radius 1 is 1.02 bits per heavy atom. The van der Waals surface area contributed by atoms with Gasteiger partial charge in [-0.05, 0) is 71.3 Å². The molecule has 0 bridgehead atoms. The Bertz CT molecular complexity index is 1440. The highest BCUT2D eigenvalue weighted by molar-refractivity contribution is 7.90. The molecule has 0 aromatic heterocycles. The average molecular weight is 567 g/mol. The van der Waals surface area contributed by atoms with E-state index in [2.05, 4.69) is 38.1 Å². The predicted octanol–water partition coefficient (Wildman–Crippen LogP) is 6.07. The maximum absolute atomic E-state index is 11.4. The molecule has 0 fully saturated rings. The van der Waals surface area contributed by atoms with E-state index >= 15 is 0 Å². The van der Waals surface area contributed by atoms with Gasteiger partial charge in [-0.15, -0.1) is 0 Å². The van der Waals surface area contributed by atoms with Crippen LogP contribution in [0.15, 0.2) is 54.6 Å². The number of benzene rings is 3. The molecular weight excluding hydrogens is 528 g/mol. The summed E-state index contributed by atoms with van der Waals surface area (Å²) in [6, 6.07) is 18.1. The van der Waals surface area contributed by atoms with Crippen LogP contribution in [-0.2, 0) is 34.1 Å². The second-order valence-electron chi connectivity index (χ2n) is 10.4. The number of carboxylic acids is 1. The van der Waals surface area contributed by atoms with E-state index < -0.39 is 21.7 Å². The Morgan fingerprint density at radius 3 is 2.40 bits per heavy atom. The third kappa shape index (κ3) is 7.16. The molecule has 0 amide bonds. The monoisotopic (exact) mass is 566 g/mol. The van der Waals surface area contributed by atoms with E-state index in [-0.39, 0.29) is 11.7 Å². The van der Waals surface area contributed by atoms with Crippen molar-refractivity contribution in [3.05, 3.63) is 76.9 Å². The van der Waals surface area contributed by atoms with Crippen LogP contribution >= 0.6 is 0 Å². The molecule has 0 spiro atoms. The van der Waals surface area contributed by atoms with Gasteiger partial charge in [0.2, 0.25) is 0 Å². The lowest BCUT2D eigenvalue weighted by Gasteiger charge is -2.18. The van der Waals surface area contributed by atoms with Crippen LogP contribution in [0.3, 0.4) is 0 Å². The first-order chi connectivity index (χ1) is 19.1. The zero-order valence-electron chi connectivity index (χ0n) is 23.6. The normalized spacial score (nSPS) is 15.2. The lowest BCUT2D eigenvalue weighted by molar-refractivity contribution is -0.142. The van der Waals surface area contributed by atoms with Crippen LogP contribution in [-0.4, -0.2) is 44.7 Å². The predicted molar refractivity (Wildman–Crippen MR) is 156 cm³/mol. The highest BCUT2D eigenvalue weighted by Gasteiger charge is 2.33. The van der Waals surface area contributed by atoms with Gasteiger partial charge in [-0.1, -0.05) is 45.0 Å². The van der Waals surface area contributed by atoms with Crippen LogP contribution < -0.4 is 14.2 Å². The van der Waals surface area contributed by atoms with Crippen LogP contribution in [0.1, 0.15) is 55.4 Å². The van der Waals surface area contributed by atoms with E-state index in [4.69, 9.17) is 14.2 Å². The van der Waals surface area contributed by atoms with Gasteiger partial charge in [0.25, 0.3) is 0 Å². The van der Waals surface area contributed by atoms with E-state index in [0.717, 1.165) is 35.3 Å². The van der Waals surface area contributed by atoms with Gasteiger partial charge in [-0.3, -0.25) is 4.79 Å². The number of hydrogen-bond acceptors (Lipinski definition) is 6. The van der Waals surface area contributed by atoms with Gasteiger partial charge in [0, 0.05) is 23.8 Å². The molecule has 1 unspecified atom stereocenters. The van der Waals surface area contributed by atoms with Crippen molar-refractivity contribution in [2.75, 3.05) is 25.2 Å². The van der Waals surface area contributed by atoms with Gasteiger partial charge in [-0.2, -0.15) is 0 Å². The number of aliphatic carboxylic acids is 1. The van der Waals surface area contributed by atoms with E-state index in [1.807, 2.05) is 30.3 Å². The van der Waals surface area contributed by atoms with Gasteiger partial charge < -0.3 is 19.3 Å². The Labute approximate surface area is 237 Å². The molecule has 3 aromatic rings. The summed E-state index contributed by atoms with van der Waals surface area (Å²) in [6.07, 6.45) is 3.37. The molecule has 0 radical (unpaired) electrons. The molecule has 4 rings (SSSR count). The zero-order chi connectivity index (χ0) is 28.9. The minimum atomic E-state index is -3.00. The maximum atomic E-state index is 11.4. The number of ether oxygens (including phenoxy) is 3. The lowest BCUT2D eigenvalue weighted by atomic mass is 9.89. The van der Waals surface area contributed by atoms with Crippen molar-refractivity contribution in [3.8, 4) is 28.4 Å². The van der Waals surface area contributed by atoms with E-state index in [1.165, 1.54) is 22.9 Å². The highest BCUT2D eigenvalue weighted by Crippen LogP contribution is 2.40. The van der Waals surface area contributed by atoms with Crippen molar-refractivity contribution in [2.24, 2.45) is 5.92 Å². The van der Waals surface area contributed by atoms with E-state index in [9.17, 15) is 18.3 Å². The first-order valence-electron chi connectivity index (χ1n) is 13.8. The maximum Gasteiger partial charge on any atom is 0.306 e. The van der Waals surface area contributed by atoms with Crippen LogP contribution in [0.4, 0.5) is 0 Å². The van der Waals surface area contributed by atoms with E-state index in [1.54, 1.807) is 6.92 Å². The standard InChI is InChI=1S/C32H38O7S/c1-5-23-16-27(37-13-8-14-40(4,35)36)17-24(6-2)31(23)25-10-7-9-22(15-25)19-38-26-11-12-28-29(21(3)32(33)34)20-39-30(28)18-26/h7,9-12,15-18,21,29H,5-6,8,13-14,19-20H2,1-4H3,(H,33,34)/t21?,29-/m0/s1. The Balaban J connectivity index is 1.48. The molecule has 1 N–H and O–H groups in total. The summed E-state index contributed by atoms with van der Waals surface area (Å²) >= 11 is 0. The first-order valence-corrected chi connectivity index (χ1v) is 15.8. The van der Waals surface area contributed by atoms with Crippen molar-refractivity contribution in [1.29, 1.82) is 0 Å². The molecule has 1 aliphatic rings. The first kappa shape index (κ1) is 29.5. The summed E-state index contributed by atoms with van der Waals surface area (Å²) in [5, 5.41) is 9.38. The molecule has 1 heterocycles. The summed E-state index contributed by atoms with van der Waals surface area (Å²) in [4.78, 5) is 11.4. The van der Waals surface area contributed by atoms with Crippen molar-refractivity contribution in [2.45, 2.75) is 52.6 Å². The van der Waals surface area contributed by atoms with Crippen molar-refractivity contribution in [1.82, 2.24) is 0 Å². The summed E-state index contributed by atoms with van der Waals surface area (Å²) in [6.45, 7) is 7.05. The summed E-state index contributed by atoms with van der Waals surface area (Å²) < 4.78 is 40.6. The Hall–Kier alpha value is -3.52. The van der Waals surface area contributed by atoms with Gasteiger partial charge in [-0.25, -0.2) is 8.42 Å². The molecule has 0 saturated carbocycles. The van der Waals surface area contributed by atoms with Crippen LogP contribution in [0.5, 0.6) is 17.2 Å². The highest BCUT2D eigenvalue weighted by atomic mass is 32.2. The number of carbonyl (C=O) groups is 1. The quantitative estimate of drug-likeness (QED) is 0.251. The topological polar surface area (TPSA) is 99.1 Å². The number of rotatable bonds is 13. The fourth-order valence-corrected chi connectivity index (χ4v) is 5.78. The number of aryl methyl sites for hydroxylation is 2. The van der Waals surface area contributed by atoms with Crippen molar-refractivity contribution >= 4 is 15.8 Å². The summed E-state index contributed by atoms with van der Waals surface area (Å²) in [5.41, 5.74) is 6.60. The SMILES string of the molecule is CCc1cc(OCCCS(C)(=O)=O)cc(CC)c1-c1cccc(COc2ccc3c(c2)OC[C@H]3C(C)C(=O)O)c1. The Morgan fingerprint density at radius 2 is 1.75 bits per heavy atom.